The second kappa shape index (κ2) is 5.36. The lowest BCUT2D eigenvalue weighted by Crippen LogP contribution is -2.12. The fourth-order valence-electron chi connectivity index (χ4n) is 2.28. The SMILES string of the molecule is CCCc1ccc(C(N)c2cn(C)nc2C)cc1. The van der Waals surface area contributed by atoms with Crippen LogP contribution in [0, 0.1) is 6.92 Å². The third kappa shape index (κ3) is 2.62. The summed E-state index contributed by atoms with van der Waals surface area (Å²) in [5, 5.41) is 4.34. The van der Waals surface area contributed by atoms with Gasteiger partial charge in [0.05, 0.1) is 11.7 Å². The van der Waals surface area contributed by atoms with Crippen molar-refractivity contribution in [1.82, 2.24) is 9.78 Å². The lowest BCUT2D eigenvalue weighted by atomic mass is 9.98. The summed E-state index contributed by atoms with van der Waals surface area (Å²) in [6, 6.07) is 8.51. The van der Waals surface area contributed by atoms with Crippen molar-refractivity contribution in [3.63, 3.8) is 0 Å². The molecule has 0 aliphatic heterocycles. The van der Waals surface area contributed by atoms with Crippen molar-refractivity contribution in [2.24, 2.45) is 12.8 Å². The summed E-state index contributed by atoms with van der Waals surface area (Å²) in [6.07, 6.45) is 4.30. The van der Waals surface area contributed by atoms with Crippen LogP contribution in [0.15, 0.2) is 30.5 Å². The van der Waals surface area contributed by atoms with Gasteiger partial charge >= 0.3 is 0 Å². The Bertz CT molecular complexity index is 511. The van der Waals surface area contributed by atoms with E-state index in [1.54, 1.807) is 0 Å². The minimum atomic E-state index is -0.0885. The van der Waals surface area contributed by atoms with Gasteiger partial charge in [-0.3, -0.25) is 4.68 Å². The molecule has 18 heavy (non-hydrogen) atoms. The lowest BCUT2D eigenvalue weighted by Gasteiger charge is -2.11. The minimum absolute atomic E-state index is 0.0885. The van der Waals surface area contributed by atoms with Gasteiger partial charge < -0.3 is 5.73 Å². The van der Waals surface area contributed by atoms with E-state index in [9.17, 15) is 0 Å². The summed E-state index contributed by atoms with van der Waals surface area (Å²) in [5.74, 6) is 0. The summed E-state index contributed by atoms with van der Waals surface area (Å²) < 4.78 is 1.82. The fraction of sp³-hybridized carbons (Fsp3) is 0.400. The quantitative estimate of drug-likeness (QED) is 0.897. The standard InChI is InChI=1S/C15H21N3/c1-4-5-12-6-8-13(9-7-12)15(16)14-10-18(3)17-11(14)2/h6-10,15H,4-5,16H2,1-3H3. The van der Waals surface area contributed by atoms with Crippen molar-refractivity contribution in [3.05, 3.63) is 52.8 Å². The van der Waals surface area contributed by atoms with Crippen LogP contribution < -0.4 is 5.73 Å². The van der Waals surface area contributed by atoms with Gasteiger partial charge in [-0.05, 0) is 24.5 Å². The van der Waals surface area contributed by atoms with Gasteiger partial charge in [0.15, 0.2) is 0 Å². The molecule has 2 N–H and O–H groups in total. The summed E-state index contributed by atoms with van der Waals surface area (Å²) in [5.41, 5.74) is 10.9. The molecular formula is C15H21N3. The van der Waals surface area contributed by atoms with E-state index in [0.717, 1.165) is 23.2 Å². The highest BCUT2D eigenvalue weighted by Gasteiger charge is 2.14. The highest BCUT2D eigenvalue weighted by molar-refractivity contribution is 5.34. The first-order chi connectivity index (χ1) is 8.61. The maximum atomic E-state index is 6.30. The van der Waals surface area contributed by atoms with Gasteiger partial charge in [-0.1, -0.05) is 37.6 Å². The number of hydrogen-bond acceptors (Lipinski definition) is 2. The first-order valence-electron chi connectivity index (χ1n) is 6.46. The summed E-state index contributed by atoms with van der Waals surface area (Å²) >= 11 is 0. The van der Waals surface area contributed by atoms with Crippen LogP contribution in [0.4, 0.5) is 0 Å². The van der Waals surface area contributed by atoms with Gasteiger partial charge in [0.25, 0.3) is 0 Å². The van der Waals surface area contributed by atoms with Crippen LogP contribution >= 0.6 is 0 Å². The average Bonchev–Trinajstić information content (AvgIpc) is 2.69. The molecule has 1 aromatic heterocycles. The molecule has 1 unspecified atom stereocenters. The van der Waals surface area contributed by atoms with E-state index < -0.39 is 0 Å². The van der Waals surface area contributed by atoms with Crippen molar-refractivity contribution in [3.8, 4) is 0 Å². The molecule has 2 rings (SSSR count). The van der Waals surface area contributed by atoms with Crippen LogP contribution in [0.2, 0.25) is 0 Å². The first kappa shape index (κ1) is 12.8. The molecule has 96 valence electrons. The summed E-state index contributed by atoms with van der Waals surface area (Å²) in [7, 11) is 1.92. The number of benzene rings is 1. The van der Waals surface area contributed by atoms with E-state index in [1.165, 1.54) is 12.0 Å². The predicted octanol–water partition coefficient (Wildman–Crippen LogP) is 2.73. The summed E-state index contributed by atoms with van der Waals surface area (Å²) in [4.78, 5) is 0. The van der Waals surface area contributed by atoms with Crippen molar-refractivity contribution >= 4 is 0 Å². The van der Waals surface area contributed by atoms with E-state index in [2.05, 4.69) is 36.3 Å². The molecule has 0 spiro atoms. The van der Waals surface area contributed by atoms with Crippen molar-refractivity contribution in [2.75, 3.05) is 0 Å². The van der Waals surface area contributed by atoms with Gasteiger partial charge in [-0.2, -0.15) is 5.10 Å². The Balaban J connectivity index is 2.23. The third-order valence-electron chi connectivity index (χ3n) is 3.26. The molecule has 0 aliphatic carbocycles. The lowest BCUT2D eigenvalue weighted by molar-refractivity contribution is 0.756. The van der Waals surface area contributed by atoms with Crippen LogP contribution in [0.25, 0.3) is 0 Å². The molecule has 1 aromatic carbocycles. The van der Waals surface area contributed by atoms with Crippen LogP contribution in [0.1, 0.15) is 41.8 Å². The molecule has 3 nitrogen and oxygen atoms in total. The molecule has 0 saturated heterocycles. The maximum absolute atomic E-state index is 6.30. The van der Waals surface area contributed by atoms with Crippen LogP contribution in [0.5, 0.6) is 0 Å². The Labute approximate surface area is 109 Å². The molecule has 0 aliphatic rings. The molecule has 2 aromatic rings. The smallest absolute Gasteiger partial charge is 0.0644 e. The number of aromatic nitrogens is 2. The maximum Gasteiger partial charge on any atom is 0.0644 e. The van der Waals surface area contributed by atoms with E-state index >= 15 is 0 Å². The molecule has 0 saturated carbocycles. The zero-order valence-corrected chi connectivity index (χ0v) is 11.4. The largest absolute Gasteiger partial charge is 0.320 e. The predicted molar refractivity (Wildman–Crippen MR) is 74.4 cm³/mol. The second-order valence-corrected chi connectivity index (χ2v) is 4.81. The van der Waals surface area contributed by atoms with Crippen molar-refractivity contribution < 1.29 is 0 Å². The van der Waals surface area contributed by atoms with Gasteiger partial charge in [0, 0.05) is 18.8 Å². The average molecular weight is 243 g/mol. The van der Waals surface area contributed by atoms with Gasteiger partial charge in [-0.15, -0.1) is 0 Å². The highest BCUT2D eigenvalue weighted by Crippen LogP contribution is 2.22. The molecule has 3 heteroatoms. The number of aryl methyl sites for hydroxylation is 3. The Hall–Kier alpha value is -1.61. The Morgan fingerprint density at radius 2 is 1.94 bits per heavy atom. The normalized spacial score (nSPS) is 12.7. The fourth-order valence-corrected chi connectivity index (χ4v) is 2.28. The zero-order valence-electron chi connectivity index (χ0n) is 11.4. The molecule has 0 fully saturated rings. The van der Waals surface area contributed by atoms with Crippen LogP contribution in [0.3, 0.4) is 0 Å². The summed E-state index contributed by atoms with van der Waals surface area (Å²) in [6.45, 7) is 4.19. The van der Waals surface area contributed by atoms with Crippen molar-refractivity contribution in [1.29, 1.82) is 0 Å². The van der Waals surface area contributed by atoms with Crippen LogP contribution in [-0.4, -0.2) is 9.78 Å². The van der Waals surface area contributed by atoms with Gasteiger partial charge in [-0.25, -0.2) is 0 Å². The monoisotopic (exact) mass is 243 g/mol. The Kier molecular flexibility index (Phi) is 3.82. The zero-order chi connectivity index (χ0) is 13.1. The van der Waals surface area contributed by atoms with E-state index in [-0.39, 0.29) is 6.04 Å². The molecule has 0 radical (unpaired) electrons. The molecule has 0 bridgehead atoms. The highest BCUT2D eigenvalue weighted by atomic mass is 15.2. The van der Waals surface area contributed by atoms with Gasteiger partial charge in [0.2, 0.25) is 0 Å². The van der Waals surface area contributed by atoms with Crippen molar-refractivity contribution in [2.45, 2.75) is 32.7 Å². The molecule has 1 atom stereocenters. The second-order valence-electron chi connectivity index (χ2n) is 4.81. The van der Waals surface area contributed by atoms with Crippen LogP contribution in [-0.2, 0) is 13.5 Å². The minimum Gasteiger partial charge on any atom is -0.320 e. The number of nitrogens with zero attached hydrogens (tertiary/aromatic N) is 2. The third-order valence-corrected chi connectivity index (χ3v) is 3.26. The van der Waals surface area contributed by atoms with E-state index in [0.29, 0.717) is 0 Å². The Morgan fingerprint density at radius 3 is 2.44 bits per heavy atom. The molecular weight excluding hydrogens is 222 g/mol. The molecule has 1 heterocycles. The topological polar surface area (TPSA) is 43.8 Å². The van der Waals surface area contributed by atoms with E-state index in [1.807, 2.05) is 24.9 Å². The number of rotatable bonds is 4. The first-order valence-corrected chi connectivity index (χ1v) is 6.46. The number of nitrogens with two attached hydrogens (primary N) is 1. The van der Waals surface area contributed by atoms with Gasteiger partial charge in [0.1, 0.15) is 0 Å². The number of hydrogen-bond donors (Lipinski definition) is 1. The Morgan fingerprint density at radius 1 is 1.28 bits per heavy atom. The molecule has 0 amide bonds. The van der Waals surface area contributed by atoms with E-state index in [4.69, 9.17) is 5.73 Å².